The fourth-order valence-electron chi connectivity index (χ4n) is 7.44. The first-order valence-corrected chi connectivity index (χ1v) is 26.6. The smallest absolute Gasteiger partial charge is 0.459 e. The zero-order valence-electron chi connectivity index (χ0n) is 41.0. The Morgan fingerprint density at radius 1 is 0.653 bits per heavy atom. The fraction of sp³-hybridized carbons (Fsp3) is 0.577. The van der Waals surface area contributed by atoms with Gasteiger partial charge in [0, 0.05) is 6.42 Å². The lowest BCUT2D eigenvalue weighted by atomic mass is 9.96. The third-order valence-electron chi connectivity index (χ3n) is 11.5. The van der Waals surface area contributed by atoms with E-state index in [0.717, 1.165) is 36.8 Å². The van der Waals surface area contributed by atoms with Gasteiger partial charge in [-0.1, -0.05) is 232 Å². The molecule has 0 saturated carbocycles. The second-order valence-electron chi connectivity index (χ2n) is 17.9. The molecule has 2 amide bonds. The highest BCUT2D eigenvalue weighted by Gasteiger charge is 2.52. The minimum absolute atomic E-state index is 0.0466. The number of carbonyl (C=O) groups is 4. The van der Waals surface area contributed by atoms with Crippen LogP contribution in [0.2, 0.25) is 0 Å². The van der Waals surface area contributed by atoms with Gasteiger partial charge in [-0.2, -0.15) is 0 Å². The van der Waals surface area contributed by atoms with Gasteiger partial charge in [0.2, 0.25) is 13.5 Å². The molecule has 0 unspecified atom stereocenters. The van der Waals surface area contributed by atoms with E-state index in [1.165, 1.54) is 52.4 Å². The minimum atomic E-state index is -2.12. The Morgan fingerprint density at radius 3 is 1.72 bits per heavy atom. The first-order chi connectivity index (χ1) is 34.3. The highest BCUT2D eigenvalue weighted by Crippen LogP contribution is 2.41. The molecule has 6 atom stereocenters. The molecule has 20 heteroatoms. The SMILES string of the molecule is CCCCCCCCCCCCCC(=O)N[C@@H](CO[C@@H]1O[C@H](COCc2ccccc2)[C@@H](OCc2ccccc2)[C@H](OC(=O)OC(C)(C)C(Cl)(Cl)Cl)[C@H]1NC(=O)OCC(Cl)(Cl)Cl)C(=O)OCc1ccccc1. The molecule has 1 saturated heterocycles. The van der Waals surface area contributed by atoms with Crippen molar-refractivity contribution in [2.75, 3.05) is 19.8 Å². The molecule has 0 bridgehead atoms. The summed E-state index contributed by atoms with van der Waals surface area (Å²) in [5.74, 6) is -1.22. The first-order valence-electron chi connectivity index (χ1n) is 24.4. The molecule has 0 aromatic heterocycles. The number of rotatable bonds is 30. The van der Waals surface area contributed by atoms with E-state index >= 15 is 0 Å². The highest BCUT2D eigenvalue weighted by molar-refractivity contribution is 6.68. The standard InChI is InChI=1S/C52H68Cl6N2O12/c1-4-5-6-7-8-9-10-11-12-13-23-30-42(61)59-40(46(62)67-33-39-28-21-16-22-29-39)34-68-47-43(60-48(63)69-36-51(53,54)55)45(71-49(64)72-50(2,3)52(56,57)58)44(66-32-38-26-19-15-20-27-38)41(70-47)35-65-31-37-24-17-14-18-25-37/h14-22,24-29,40-41,43-45,47H,4-13,23,30-36H2,1-3H3,(H,59,61)(H,60,63)/t40-,41+,43+,44+,45+,47+/m0/s1. The second kappa shape index (κ2) is 32.2. The molecule has 400 valence electrons. The number of amides is 2. The van der Waals surface area contributed by atoms with Crippen LogP contribution in [0.15, 0.2) is 91.0 Å². The van der Waals surface area contributed by atoms with Crippen LogP contribution in [-0.2, 0) is 67.3 Å². The summed E-state index contributed by atoms with van der Waals surface area (Å²) in [7, 11) is 0. The summed E-state index contributed by atoms with van der Waals surface area (Å²) < 4.78 is 44.0. The van der Waals surface area contributed by atoms with Crippen molar-refractivity contribution in [1.82, 2.24) is 10.6 Å². The highest BCUT2D eigenvalue weighted by atomic mass is 35.6. The van der Waals surface area contributed by atoms with Crippen molar-refractivity contribution < 1.29 is 57.1 Å². The number of ether oxygens (including phenoxy) is 8. The van der Waals surface area contributed by atoms with Crippen LogP contribution in [0, 0.1) is 0 Å². The molecule has 0 spiro atoms. The summed E-state index contributed by atoms with van der Waals surface area (Å²) in [5.41, 5.74) is 0.520. The summed E-state index contributed by atoms with van der Waals surface area (Å²) >= 11 is 36.4. The zero-order valence-corrected chi connectivity index (χ0v) is 45.6. The molecular weight excluding hydrogens is 1060 g/mol. The van der Waals surface area contributed by atoms with Gasteiger partial charge in [-0.3, -0.25) is 4.79 Å². The molecule has 4 rings (SSSR count). The van der Waals surface area contributed by atoms with E-state index in [2.05, 4.69) is 17.6 Å². The summed E-state index contributed by atoms with van der Waals surface area (Å²) in [6.07, 6.45) is 4.17. The molecule has 1 aliphatic heterocycles. The second-order valence-corrected chi connectivity index (χ2v) is 22.7. The van der Waals surface area contributed by atoms with Gasteiger partial charge in [-0.15, -0.1) is 0 Å². The topological polar surface area (TPSA) is 166 Å². The fourth-order valence-corrected chi connectivity index (χ4v) is 7.72. The Hall–Kier alpha value is -3.28. The van der Waals surface area contributed by atoms with Crippen LogP contribution in [0.25, 0.3) is 0 Å². The maximum atomic E-state index is 13.9. The number of hydrogen-bond donors (Lipinski definition) is 2. The normalized spacial score (nSPS) is 18.7. The number of alkyl halides is 6. The van der Waals surface area contributed by atoms with Crippen LogP contribution in [0.4, 0.5) is 9.59 Å². The van der Waals surface area contributed by atoms with Crippen molar-refractivity contribution in [3.63, 3.8) is 0 Å². The van der Waals surface area contributed by atoms with Gasteiger partial charge in [0.1, 0.15) is 31.5 Å². The monoisotopic (exact) mass is 1120 g/mol. The molecule has 1 fully saturated rings. The molecule has 14 nitrogen and oxygen atoms in total. The van der Waals surface area contributed by atoms with Gasteiger partial charge in [0.25, 0.3) is 0 Å². The lowest BCUT2D eigenvalue weighted by Gasteiger charge is -2.45. The number of alkyl carbamates (subject to hydrolysis) is 1. The van der Waals surface area contributed by atoms with Crippen LogP contribution in [0.1, 0.15) is 115 Å². The van der Waals surface area contributed by atoms with E-state index in [0.29, 0.717) is 12.0 Å². The van der Waals surface area contributed by atoms with E-state index in [1.807, 2.05) is 66.7 Å². The zero-order chi connectivity index (χ0) is 52.4. The van der Waals surface area contributed by atoms with Crippen molar-refractivity contribution in [3.8, 4) is 0 Å². The van der Waals surface area contributed by atoms with E-state index in [1.54, 1.807) is 24.3 Å². The number of esters is 1. The van der Waals surface area contributed by atoms with Crippen LogP contribution >= 0.6 is 69.6 Å². The number of unbranched alkanes of at least 4 members (excludes halogenated alkanes) is 10. The molecule has 72 heavy (non-hydrogen) atoms. The van der Waals surface area contributed by atoms with Crippen molar-refractivity contribution in [2.24, 2.45) is 0 Å². The molecule has 2 N–H and O–H groups in total. The van der Waals surface area contributed by atoms with Crippen LogP contribution in [-0.4, -0.2) is 93.8 Å². The Balaban J connectivity index is 1.65. The van der Waals surface area contributed by atoms with Crippen LogP contribution < -0.4 is 10.6 Å². The number of nitrogens with one attached hydrogen (secondary N) is 2. The van der Waals surface area contributed by atoms with Gasteiger partial charge in [0.15, 0.2) is 24.0 Å². The van der Waals surface area contributed by atoms with E-state index < -0.39 is 87.2 Å². The predicted octanol–water partition coefficient (Wildman–Crippen LogP) is 12.6. The van der Waals surface area contributed by atoms with Crippen LogP contribution in [0.5, 0.6) is 0 Å². The van der Waals surface area contributed by atoms with Crippen molar-refractivity contribution in [2.45, 2.75) is 168 Å². The Morgan fingerprint density at radius 2 is 1.18 bits per heavy atom. The quantitative estimate of drug-likeness (QED) is 0.0281. The maximum absolute atomic E-state index is 13.9. The van der Waals surface area contributed by atoms with Gasteiger partial charge in [0.05, 0.1) is 26.4 Å². The van der Waals surface area contributed by atoms with Crippen molar-refractivity contribution >= 4 is 93.7 Å². The molecule has 3 aromatic carbocycles. The number of halogens is 6. The van der Waals surface area contributed by atoms with Crippen molar-refractivity contribution in [3.05, 3.63) is 108 Å². The Kier molecular flexibility index (Phi) is 27.4. The van der Waals surface area contributed by atoms with Crippen LogP contribution in [0.3, 0.4) is 0 Å². The predicted molar refractivity (Wildman–Crippen MR) is 279 cm³/mol. The van der Waals surface area contributed by atoms with Gasteiger partial charge in [-0.05, 0) is 37.0 Å². The average Bonchev–Trinajstić information content (AvgIpc) is 3.34. The summed E-state index contributed by atoms with van der Waals surface area (Å²) in [4.78, 5) is 54.9. The lowest BCUT2D eigenvalue weighted by Crippen LogP contribution is -2.67. The van der Waals surface area contributed by atoms with Crippen molar-refractivity contribution in [1.29, 1.82) is 0 Å². The van der Waals surface area contributed by atoms with Gasteiger partial charge >= 0.3 is 18.2 Å². The third-order valence-corrected chi connectivity index (χ3v) is 13.2. The molecular formula is C52H68Cl6N2O12. The largest absolute Gasteiger partial charge is 0.509 e. The summed E-state index contributed by atoms with van der Waals surface area (Å²) in [5, 5.41) is 5.38. The third kappa shape index (κ3) is 23.5. The Bertz CT molecular complexity index is 2030. The average molecular weight is 1130 g/mol. The number of hydrogen-bond acceptors (Lipinski definition) is 12. The lowest BCUT2D eigenvalue weighted by molar-refractivity contribution is -0.284. The molecule has 3 aromatic rings. The number of benzene rings is 3. The van der Waals surface area contributed by atoms with E-state index in [-0.39, 0.29) is 32.8 Å². The number of carbonyl (C=O) groups excluding carboxylic acids is 4. The molecule has 0 radical (unpaired) electrons. The minimum Gasteiger partial charge on any atom is -0.459 e. The molecule has 0 aliphatic carbocycles. The van der Waals surface area contributed by atoms with Gasteiger partial charge in [-0.25, -0.2) is 14.4 Å². The van der Waals surface area contributed by atoms with E-state index in [4.69, 9.17) is 108 Å². The van der Waals surface area contributed by atoms with Gasteiger partial charge < -0.3 is 48.5 Å². The summed E-state index contributed by atoms with van der Waals surface area (Å²) in [6, 6.07) is 24.5. The molecule has 1 aliphatic rings. The van der Waals surface area contributed by atoms with E-state index in [9.17, 15) is 19.2 Å². The summed E-state index contributed by atoms with van der Waals surface area (Å²) in [6.45, 7) is 3.45. The Labute approximate surface area is 453 Å². The first kappa shape index (κ1) is 61.3. The molecule has 1 heterocycles. The maximum Gasteiger partial charge on any atom is 0.509 e.